The number of carbonyl (C=O) groups is 1. The second kappa shape index (κ2) is 9.50. The van der Waals surface area contributed by atoms with Crippen LogP contribution < -0.4 is 10.1 Å². The first-order valence-corrected chi connectivity index (χ1v) is 11.7. The molecule has 10 heteroatoms. The van der Waals surface area contributed by atoms with Gasteiger partial charge >= 0.3 is 0 Å². The molecule has 0 bridgehead atoms. The Labute approximate surface area is 179 Å². The van der Waals surface area contributed by atoms with E-state index in [1.165, 1.54) is 18.4 Å². The van der Waals surface area contributed by atoms with Gasteiger partial charge in [-0.15, -0.1) is 11.3 Å². The summed E-state index contributed by atoms with van der Waals surface area (Å²) >= 11 is 1.25. The number of rotatable bonds is 9. The van der Waals surface area contributed by atoms with Crippen LogP contribution in [0.25, 0.3) is 10.2 Å². The van der Waals surface area contributed by atoms with Crippen molar-refractivity contribution in [2.75, 3.05) is 26.5 Å². The Balaban J connectivity index is 1.69. The number of nitrogens with zero attached hydrogens (tertiary/aromatic N) is 2. The fourth-order valence-corrected chi connectivity index (χ4v) is 5.43. The number of nitrogens with one attached hydrogen (secondary N) is 1. The third-order valence-electron chi connectivity index (χ3n) is 4.45. The molecule has 0 aliphatic heterocycles. The van der Waals surface area contributed by atoms with E-state index >= 15 is 0 Å². The monoisotopic (exact) mass is 449 g/mol. The molecule has 0 unspecified atom stereocenters. The van der Waals surface area contributed by atoms with Crippen LogP contribution in [0.1, 0.15) is 27.5 Å². The minimum absolute atomic E-state index is 0.0393. The lowest BCUT2D eigenvalue weighted by molar-refractivity contribution is 0.0957. The van der Waals surface area contributed by atoms with Gasteiger partial charge in [-0.2, -0.15) is 4.98 Å². The number of fused-ring (bicyclic) bond motifs is 1. The molecule has 0 fully saturated rings. The van der Waals surface area contributed by atoms with Crippen LogP contribution in [0.15, 0.2) is 35.2 Å². The lowest BCUT2D eigenvalue weighted by Gasteiger charge is -2.06. The quantitative estimate of drug-likeness (QED) is 0.501. The second-order valence-corrected chi connectivity index (χ2v) is 9.67. The van der Waals surface area contributed by atoms with Gasteiger partial charge in [-0.05, 0) is 31.0 Å². The molecule has 8 nitrogen and oxygen atoms in total. The van der Waals surface area contributed by atoms with Gasteiger partial charge in [0, 0.05) is 13.7 Å². The van der Waals surface area contributed by atoms with Crippen molar-refractivity contribution in [1.82, 2.24) is 15.3 Å². The highest BCUT2D eigenvalue weighted by Crippen LogP contribution is 2.35. The van der Waals surface area contributed by atoms with Crippen molar-refractivity contribution in [3.8, 4) is 5.88 Å². The Morgan fingerprint density at radius 1 is 1.17 bits per heavy atom. The summed E-state index contributed by atoms with van der Waals surface area (Å²) in [6, 6.07) is 8.29. The van der Waals surface area contributed by atoms with E-state index in [-0.39, 0.29) is 29.7 Å². The van der Waals surface area contributed by atoms with Crippen LogP contribution in [0.5, 0.6) is 5.88 Å². The summed E-state index contributed by atoms with van der Waals surface area (Å²) in [5.74, 6) is 0.556. The van der Waals surface area contributed by atoms with Crippen LogP contribution in [0.2, 0.25) is 0 Å². The molecule has 0 saturated carbocycles. The van der Waals surface area contributed by atoms with E-state index in [1.807, 2.05) is 6.92 Å². The zero-order chi connectivity index (χ0) is 21.7. The summed E-state index contributed by atoms with van der Waals surface area (Å²) in [5, 5.41) is 3.49. The normalized spacial score (nSPS) is 11.6. The maximum atomic E-state index is 12.7. The fraction of sp³-hybridized carbons (Fsp3) is 0.350. The van der Waals surface area contributed by atoms with Gasteiger partial charge in [-0.3, -0.25) is 4.79 Å². The summed E-state index contributed by atoms with van der Waals surface area (Å²) in [6.45, 7) is 2.30. The van der Waals surface area contributed by atoms with E-state index in [4.69, 9.17) is 9.47 Å². The molecule has 0 aliphatic rings. The summed E-state index contributed by atoms with van der Waals surface area (Å²) in [7, 11) is -0.298. The number of methoxy groups -OCH3 is 2. The van der Waals surface area contributed by atoms with Crippen LogP contribution >= 0.6 is 11.3 Å². The first-order chi connectivity index (χ1) is 14.4. The first-order valence-electron chi connectivity index (χ1n) is 9.26. The van der Waals surface area contributed by atoms with Crippen molar-refractivity contribution in [2.45, 2.75) is 24.8 Å². The molecule has 0 aliphatic carbocycles. The van der Waals surface area contributed by atoms with Gasteiger partial charge in [0.05, 0.1) is 28.0 Å². The van der Waals surface area contributed by atoms with Gasteiger partial charge in [0.1, 0.15) is 11.4 Å². The summed E-state index contributed by atoms with van der Waals surface area (Å²) in [4.78, 5) is 22.9. The van der Waals surface area contributed by atoms with E-state index in [1.54, 1.807) is 37.4 Å². The molecule has 0 saturated heterocycles. The van der Waals surface area contributed by atoms with Crippen molar-refractivity contribution in [3.63, 3.8) is 0 Å². The Morgan fingerprint density at radius 3 is 2.57 bits per heavy atom. The molecule has 0 spiro atoms. The Kier molecular flexibility index (Phi) is 7.01. The molecule has 2 aromatic heterocycles. The number of benzene rings is 1. The molecule has 0 radical (unpaired) electrons. The number of aromatic nitrogens is 2. The number of ether oxygens (including phenoxy) is 2. The lowest BCUT2D eigenvalue weighted by atomic mass is 10.2. The predicted molar refractivity (Wildman–Crippen MR) is 115 cm³/mol. The summed E-state index contributed by atoms with van der Waals surface area (Å²) in [5.41, 5.74) is 0.727. The number of sulfone groups is 1. The van der Waals surface area contributed by atoms with Crippen LogP contribution in [0, 0.1) is 6.92 Å². The molecule has 1 N–H and O–H groups in total. The Morgan fingerprint density at radius 2 is 1.90 bits per heavy atom. The van der Waals surface area contributed by atoms with Crippen LogP contribution in [0.4, 0.5) is 0 Å². The second-order valence-electron chi connectivity index (χ2n) is 6.56. The number of hydrogen-bond donors (Lipinski definition) is 1. The van der Waals surface area contributed by atoms with Gasteiger partial charge in [-0.1, -0.05) is 18.2 Å². The average Bonchev–Trinajstić information content (AvgIpc) is 3.08. The average molecular weight is 450 g/mol. The zero-order valence-corrected chi connectivity index (χ0v) is 18.6. The highest BCUT2D eigenvalue weighted by molar-refractivity contribution is 7.91. The van der Waals surface area contributed by atoms with Gasteiger partial charge < -0.3 is 14.8 Å². The first kappa shape index (κ1) is 22.1. The summed E-state index contributed by atoms with van der Waals surface area (Å²) in [6.07, 6.45) is 0.314. The minimum atomic E-state index is -3.37. The van der Waals surface area contributed by atoms with Gasteiger partial charge in [0.2, 0.25) is 5.88 Å². The van der Waals surface area contributed by atoms with Crippen molar-refractivity contribution in [2.24, 2.45) is 0 Å². The van der Waals surface area contributed by atoms with E-state index in [9.17, 15) is 13.2 Å². The van der Waals surface area contributed by atoms with E-state index < -0.39 is 9.84 Å². The molecular weight excluding hydrogens is 426 g/mol. The van der Waals surface area contributed by atoms with Crippen molar-refractivity contribution in [1.29, 1.82) is 0 Å². The molecular formula is C20H23N3O5S2. The number of aryl methyl sites for hydroxylation is 1. The lowest BCUT2D eigenvalue weighted by Crippen LogP contribution is -2.25. The smallest absolute Gasteiger partial charge is 0.261 e. The Bertz CT molecular complexity index is 1140. The van der Waals surface area contributed by atoms with E-state index in [0.717, 1.165) is 5.56 Å². The van der Waals surface area contributed by atoms with Crippen molar-refractivity contribution >= 4 is 37.3 Å². The minimum Gasteiger partial charge on any atom is -0.480 e. The number of hydrogen-bond acceptors (Lipinski definition) is 8. The molecule has 1 aromatic carbocycles. The molecule has 2 heterocycles. The number of amides is 1. The predicted octanol–water partition coefficient (Wildman–Crippen LogP) is 2.75. The van der Waals surface area contributed by atoms with E-state index in [0.29, 0.717) is 33.2 Å². The highest BCUT2D eigenvalue weighted by Gasteiger charge is 2.21. The highest BCUT2D eigenvalue weighted by atomic mass is 32.2. The van der Waals surface area contributed by atoms with E-state index in [2.05, 4.69) is 15.3 Å². The zero-order valence-electron chi connectivity index (χ0n) is 17.0. The van der Waals surface area contributed by atoms with Crippen molar-refractivity contribution in [3.05, 3.63) is 46.6 Å². The van der Waals surface area contributed by atoms with Gasteiger partial charge in [0.25, 0.3) is 5.91 Å². The third-order valence-corrected chi connectivity index (χ3v) is 7.45. The molecule has 3 aromatic rings. The Hall–Kier alpha value is -2.56. The van der Waals surface area contributed by atoms with Crippen molar-refractivity contribution < 1.29 is 22.7 Å². The number of thiophene rings is 1. The fourth-order valence-electron chi connectivity index (χ4n) is 2.99. The molecule has 0 atom stereocenters. The third kappa shape index (κ3) is 4.77. The maximum absolute atomic E-state index is 12.7. The molecule has 1 amide bonds. The number of carbonyl (C=O) groups excluding carboxylic acids is 1. The van der Waals surface area contributed by atoms with Gasteiger partial charge in [0.15, 0.2) is 15.7 Å². The summed E-state index contributed by atoms with van der Waals surface area (Å²) < 4.78 is 35.1. The topological polar surface area (TPSA) is 107 Å². The largest absolute Gasteiger partial charge is 0.480 e. The molecule has 3 rings (SSSR count). The standard InChI is InChI=1S/C20H23N3O5S2/c1-13-16-19(28-3)22-15(12-27-2)23-20(16)29-17(13)18(24)21-10-7-11-30(25,26)14-8-5-4-6-9-14/h4-6,8-9H,7,10-12H2,1-3H3,(H,21,24). The molecule has 160 valence electrons. The maximum Gasteiger partial charge on any atom is 0.261 e. The SMILES string of the molecule is COCc1nc(OC)c2c(C)c(C(=O)NCCCS(=O)(=O)c3ccccc3)sc2n1. The van der Waals surface area contributed by atoms with Gasteiger partial charge in [-0.25, -0.2) is 13.4 Å². The molecule has 30 heavy (non-hydrogen) atoms. The van der Waals surface area contributed by atoms with Crippen LogP contribution in [0.3, 0.4) is 0 Å². The van der Waals surface area contributed by atoms with Crippen LogP contribution in [-0.4, -0.2) is 50.8 Å². The van der Waals surface area contributed by atoms with Crippen LogP contribution in [-0.2, 0) is 21.2 Å².